The molecule has 2 heterocycles. The van der Waals surface area contributed by atoms with Crippen molar-refractivity contribution < 1.29 is 0 Å². The molecule has 1 saturated heterocycles. The maximum atomic E-state index is 5.52. The molecule has 2 N–H and O–H groups in total. The molecule has 0 radical (unpaired) electrons. The molecule has 5 heteroatoms. The molecular formula is C12H21N5. The van der Waals surface area contributed by atoms with Gasteiger partial charge in [0, 0.05) is 50.2 Å². The summed E-state index contributed by atoms with van der Waals surface area (Å²) in [5.41, 5.74) is 6.69. The van der Waals surface area contributed by atoms with Crippen LogP contribution in [0.15, 0.2) is 12.4 Å². The van der Waals surface area contributed by atoms with E-state index < -0.39 is 0 Å². The molecular weight excluding hydrogens is 214 g/mol. The van der Waals surface area contributed by atoms with Gasteiger partial charge in [0.25, 0.3) is 0 Å². The van der Waals surface area contributed by atoms with E-state index in [9.17, 15) is 0 Å². The van der Waals surface area contributed by atoms with Crippen LogP contribution in [-0.2, 0) is 0 Å². The van der Waals surface area contributed by atoms with Crippen molar-refractivity contribution in [3.8, 4) is 0 Å². The average Bonchev–Trinajstić information content (AvgIpc) is 2.35. The van der Waals surface area contributed by atoms with Crippen LogP contribution in [-0.4, -0.2) is 53.0 Å². The van der Waals surface area contributed by atoms with Crippen molar-refractivity contribution in [2.75, 3.05) is 39.0 Å². The van der Waals surface area contributed by atoms with Crippen LogP contribution in [0.2, 0.25) is 0 Å². The second-order valence-electron chi connectivity index (χ2n) is 4.64. The minimum absolute atomic E-state index is 0.349. The molecule has 1 aromatic heterocycles. The smallest absolute Gasteiger partial charge is 0.219 e. The minimum Gasteiger partial charge on any atom is -0.368 e. The van der Waals surface area contributed by atoms with Crippen molar-refractivity contribution in [1.82, 2.24) is 19.8 Å². The van der Waals surface area contributed by atoms with Crippen molar-refractivity contribution in [3.05, 3.63) is 18.0 Å². The zero-order chi connectivity index (χ0) is 12.3. The lowest BCUT2D eigenvalue weighted by atomic mass is 10.1. The lowest BCUT2D eigenvalue weighted by molar-refractivity contribution is 0.109. The Balaban J connectivity index is 2.08. The van der Waals surface area contributed by atoms with Crippen molar-refractivity contribution in [2.45, 2.75) is 19.4 Å². The van der Waals surface area contributed by atoms with Gasteiger partial charge in [-0.25, -0.2) is 9.97 Å². The highest BCUT2D eigenvalue weighted by Gasteiger charge is 2.22. The Bertz CT molecular complexity index is 342. The lowest BCUT2D eigenvalue weighted by Crippen LogP contribution is -2.45. The van der Waals surface area contributed by atoms with E-state index in [-0.39, 0.29) is 0 Å². The molecule has 1 aliphatic rings. The molecule has 17 heavy (non-hydrogen) atoms. The third-order valence-electron chi connectivity index (χ3n) is 3.44. The fourth-order valence-corrected chi connectivity index (χ4v) is 2.36. The first-order chi connectivity index (χ1) is 8.20. The van der Waals surface area contributed by atoms with E-state index in [4.69, 9.17) is 5.73 Å². The van der Waals surface area contributed by atoms with Crippen molar-refractivity contribution in [1.29, 1.82) is 0 Å². The molecule has 94 valence electrons. The number of rotatable bonds is 3. The van der Waals surface area contributed by atoms with Crippen molar-refractivity contribution in [2.24, 2.45) is 0 Å². The molecule has 1 fully saturated rings. The molecule has 0 saturated carbocycles. The number of likely N-dealkylation sites (N-methyl/N-ethyl adjacent to an activating group) is 1. The molecule has 0 spiro atoms. The Morgan fingerprint density at radius 3 is 2.35 bits per heavy atom. The monoisotopic (exact) mass is 235 g/mol. The highest BCUT2D eigenvalue weighted by molar-refractivity contribution is 5.19. The normalized spacial score (nSPS) is 20.4. The van der Waals surface area contributed by atoms with Gasteiger partial charge in [-0.1, -0.05) is 6.92 Å². The lowest BCUT2D eigenvalue weighted by Gasteiger charge is -2.37. The Kier molecular flexibility index (Phi) is 3.91. The van der Waals surface area contributed by atoms with Crippen LogP contribution >= 0.6 is 0 Å². The predicted molar refractivity (Wildman–Crippen MR) is 68.5 cm³/mol. The van der Waals surface area contributed by atoms with Gasteiger partial charge in [-0.05, 0) is 13.5 Å². The van der Waals surface area contributed by atoms with Gasteiger partial charge in [0.2, 0.25) is 5.95 Å². The molecule has 0 amide bonds. The average molecular weight is 235 g/mol. The number of hydrogen-bond acceptors (Lipinski definition) is 5. The van der Waals surface area contributed by atoms with Crippen LogP contribution in [0.3, 0.4) is 0 Å². The summed E-state index contributed by atoms with van der Waals surface area (Å²) in [5.74, 6) is 0.349. The Morgan fingerprint density at radius 2 is 1.82 bits per heavy atom. The molecule has 1 unspecified atom stereocenters. The summed E-state index contributed by atoms with van der Waals surface area (Å²) in [5, 5.41) is 0. The third kappa shape index (κ3) is 2.92. The Labute approximate surface area is 103 Å². The van der Waals surface area contributed by atoms with Crippen LogP contribution in [0.25, 0.3) is 0 Å². The number of nitrogens with zero attached hydrogens (tertiary/aromatic N) is 4. The zero-order valence-corrected chi connectivity index (χ0v) is 10.6. The van der Waals surface area contributed by atoms with Gasteiger partial charge in [-0.15, -0.1) is 0 Å². The van der Waals surface area contributed by atoms with E-state index in [1.165, 1.54) is 5.56 Å². The topological polar surface area (TPSA) is 58.3 Å². The quantitative estimate of drug-likeness (QED) is 0.838. The first kappa shape index (κ1) is 12.3. The summed E-state index contributed by atoms with van der Waals surface area (Å²) in [6.45, 7) is 6.69. The maximum Gasteiger partial charge on any atom is 0.219 e. The van der Waals surface area contributed by atoms with E-state index in [0.717, 1.165) is 32.6 Å². The molecule has 1 atom stereocenters. The van der Waals surface area contributed by atoms with Gasteiger partial charge in [0.1, 0.15) is 0 Å². The molecule has 1 aromatic rings. The predicted octanol–water partition coefficient (Wildman–Crippen LogP) is 0.757. The fraction of sp³-hybridized carbons (Fsp3) is 0.667. The van der Waals surface area contributed by atoms with Gasteiger partial charge >= 0.3 is 0 Å². The van der Waals surface area contributed by atoms with E-state index in [0.29, 0.717) is 12.0 Å². The maximum absolute atomic E-state index is 5.52. The molecule has 5 nitrogen and oxygen atoms in total. The van der Waals surface area contributed by atoms with Gasteiger partial charge < -0.3 is 10.6 Å². The van der Waals surface area contributed by atoms with Gasteiger partial charge in [0.05, 0.1) is 0 Å². The number of nitrogens with two attached hydrogens (primary N) is 1. The summed E-state index contributed by atoms with van der Waals surface area (Å²) >= 11 is 0. The van der Waals surface area contributed by atoms with Crippen LogP contribution in [0.5, 0.6) is 0 Å². The summed E-state index contributed by atoms with van der Waals surface area (Å²) in [6.07, 6.45) is 4.79. The third-order valence-corrected chi connectivity index (χ3v) is 3.44. The van der Waals surface area contributed by atoms with Gasteiger partial charge in [-0.2, -0.15) is 0 Å². The first-order valence-corrected chi connectivity index (χ1v) is 6.20. The minimum atomic E-state index is 0.349. The van der Waals surface area contributed by atoms with Gasteiger partial charge in [-0.3, -0.25) is 4.90 Å². The van der Waals surface area contributed by atoms with E-state index in [1.54, 1.807) is 0 Å². The van der Waals surface area contributed by atoms with Crippen LogP contribution < -0.4 is 5.73 Å². The highest BCUT2D eigenvalue weighted by atomic mass is 15.3. The number of aromatic nitrogens is 2. The number of piperazine rings is 1. The summed E-state index contributed by atoms with van der Waals surface area (Å²) in [7, 11) is 2.17. The molecule has 1 aliphatic heterocycles. The Hall–Kier alpha value is -1.20. The molecule has 0 aromatic carbocycles. The Morgan fingerprint density at radius 1 is 1.24 bits per heavy atom. The van der Waals surface area contributed by atoms with Crippen LogP contribution in [0, 0.1) is 0 Å². The fourth-order valence-electron chi connectivity index (χ4n) is 2.36. The van der Waals surface area contributed by atoms with Crippen molar-refractivity contribution in [3.63, 3.8) is 0 Å². The molecule has 0 aliphatic carbocycles. The van der Waals surface area contributed by atoms with E-state index >= 15 is 0 Å². The second-order valence-corrected chi connectivity index (χ2v) is 4.64. The standard InChI is InChI=1S/C12H21N5/c1-3-11(10-8-14-12(13)15-9-10)17-6-4-16(2)5-7-17/h8-9,11H,3-7H2,1-2H3,(H2,13,14,15). The second kappa shape index (κ2) is 5.42. The van der Waals surface area contributed by atoms with Crippen LogP contribution in [0.1, 0.15) is 24.9 Å². The number of nitrogen functional groups attached to an aromatic ring is 1. The molecule has 0 bridgehead atoms. The molecule has 2 rings (SSSR count). The summed E-state index contributed by atoms with van der Waals surface area (Å²) in [4.78, 5) is 13.0. The first-order valence-electron chi connectivity index (χ1n) is 6.20. The summed E-state index contributed by atoms with van der Waals surface area (Å²) in [6, 6.07) is 0.421. The SMILES string of the molecule is CCC(c1cnc(N)nc1)N1CCN(C)CC1. The largest absolute Gasteiger partial charge is 0.368 e. The van der Waals surface area contributed by atoms with E-state index in [1.807, 2.05) is 12.4 Å². The number of hydrogen-bond donors (Lipinski definition) is 1. The van der Waals surface area contributed by atoms with Crippen molar-refractivity contribution >= 4 is 5.95 Å². The van der Waals surface area contributed by atoms with Crippen LogP contribution in [0.4, 0.5) is 5.95 Å². The van der Waals surface area contributed by atoms with Gasteiger partial charge in [0.15, 0.2) is 0 Å². The zero-order valence-electron chi connectivity index (χ0n) is 10.6. The number of anilines is 1. The highest BCUT2D eigenvalue weighted by Crippen LogP contribution is 2.24. The van der Waals surface area contributed by atoms with E-state index in [2.05, 4.69) is 33.7 Å². The summed E-state index contributed by atoms with van der Waals surface area (Å²) < 4.78 is 0.